The van der Waals surface area contributed by atoms with Gasteiger partial charge in [-0.3, -0.25) is 4.72 Å². The lowest BCUT2D eigenvalue weighted by atomic mass is 10.2. The molecule has 2 heterocycles. The summed E-state index contributed by atoms with van der Waals surface area (Å²) in [5, 5.41) is 0.451. The zero-order valence-corrected chi connectivity index (χ0v) is 14.5. The van der Waals surface area contributed by atoms with Crippen LogP contribution in [0, 0.1) is 17.6 Å². The Kier molecular flexibility index (Phi) is 4.47. The van der Waals surface area contributed by atoms with Crippen LogP contribution in [-0.2, 0) is 16.6 Å². The quantitative estimate of drug-likeness (QED) is 0.749. The number of pyridine rings is 1. The van der Waals surface area contributed by atoms with Gasteiger partial charge in [0.05, 0.1) is 5.69 Å². The molecule has 0 aliphatic rings. The van der Waals surface area contributed by atoms with Crippen LogP contribution in [0.2, 0.25) is 0 Å². The summed E-state index contributed by atoms with van der Waals surface area (Å²) >= 11 is 0. The second-order valence-electron chi connectivity index (χ2n) is 6.18. The van der Waals surface area contributed by atoms with Crippen molar-refractivity contribution in [3.05, 3.63) is 54.4 Å². The molecule has 0 bridgehead atoms. The zero-order chi connectivity index (χ0) is 18.2. The van der Waals surface area contributed by atoms with Crippen LogP contribution in [0.25, 0.3) is 11.0 Å². The number of nitrogens with zero attached hydrogens (tertiary/aromatic N) is 2. The number of hydrogen-bond acceptors (Lipinski definition) is 3. The molecule has 0 aliphatic heterocycles. The summed E-state index contributed by atoms with van der Waals surface area (Å²) in [4.78, 5) is 4.27. The molecule has 0 atom stereocenters. The lowest BCUT2D eigenvalue weighted by Crippen LogP contribution is -2.13. The Labute approximate surface area is 144 Å². The molecular formula is C17H17F2N3O2S. The smallest absolute Gasteiger partial charge is 0.264 e. The van der Waals surface area contributed by atoms with Gasteiger partial charge in [0, 0.05) is 30.4 Å². The van der Waals surface area contributed by atoms with E-state index in [1.54, 1.807) is 22.9 Å². The van der Waals surface area contributed by atoms with Gasteiger partial charge in [0.1, 0.15) is 22.2 Å². The van der Waals surface area contributed by atoms with Gasteiger partial charge in [0.15, 0.2) is 0 Å². The molecule has 0 radical (unpaired) electrons. The first-order chi connectivity index (χ1) is 11.8. The summed E-state index contributed by atoms with van der Waals surface area (Å²) in [5.74, 6) is -1.43. The highest BCUT2D eigenvalue weighted by Gasteiger charge is 2.22. The highest BCUT2D eigenvalue weighted by atomic mass is 32.2. The van der Waals surface area contributed by atoms with Gasteiger partial charge in [0.25, 0.3) is 10.0 Å². The Morgan fingerprint density at radius 3 is 2.52 bits per heavy atom. The molecule has 3 aromatic rings. The zero-order valence-electron chi connectivity index (χ0n) is 13.7. The van der Waals surface area contributed by atoms with Crippen LogP contribution >= 0.6 is 0 Å². The Balaban J connectivity index is 2.08. The minimum atomic E-state index is -4.03. The number of rotatable bonds is 5. The largest absolute Gasteiger partial charge is 0.331 e. The molecule has 0 unspecified atom stereocenters. The highest BCUT2D eigenvalue weighted by molar-refractivity contribution is 7.93. The van der Waals surface area contributed by atoms with E-state index in [4.69, 9.17) is 0 Å². The SMILES string of the molecule is CC(C)Cn1cc(S(=O)(=O)Nc2cc(F)cc(F)c2)c2cccnc21. The van der Waals surface area contributed by atoms with Crippen LogP contribution in [-0.4, -0.2) is 18.0 Å². The van der Waals surface area contributed by atoms with Crippen LogP contribution in [0.3, 0.4) is 0 Å². The van der Waals surface area contributed by atoms with E-state index in [0.717, 1.165) is 12.1 Å². The van der Waals surface area contributed by atoms with E-state index < -0.39 is 21.7 Å². The summed E-state index contributed by atoms with van der Waals surface area (Å²) in [7, 11) is -4.03. The lowest BCUT2D eigenvalue weighted by molar-refractivity contribution is 0.530. The molecule has 0 amide bonds. The molecule has 132 valence electrons. The minimum Gasteiger partial charge on any atom is -0.331 e. The highest BCUT2D eigenvalue weighted by Crippen LogP contribution is 2.27. The fraction of sp³-hybridized carbons (Fsp3) is 0.235. The van der Waals surface area contributed by atoms with Crippen molar-refractivity contribution in [3.8, 4) is 0 Å². The topological polar surface area (TPSA) is 64.0 Å². The molecule has 0 aliphatic carbocycles. The lowest BCUT2D eigenvalue weighted by Gasteiger charge is -2.08. The number of aromatic nitrogens is 2. The van der Waals surface area contributed by atoms with Crippen LogP contribution < -0.4 is 4.72 Å². The fourth-order valence-electron chi connectivity index (χ4n) is 2.66. The standard InChI is InChI=1S/C17H17F2N3O2S/c1-11(2)9-22-10-16(15-4-3-5-20-17(15)22)25(23,24)21-14-7-12(18)6-13(19)8-14/h3-8,10-11,21H,9H2,1-2H3. The minimum absolute atomic E-state index is 0.0147. The number of fused-ring (bicyclic) bond motifs is 1. The van der Waals surface area contributed by atoms with Gasteiger partial charge in [-0.25, -0.2) is 22.2 Å². The number of nitrogens with one attached hydrogen (secondary N) is 1. The average molecular weight is 365 g/mol. The molecule has 0 spiro atoms. The van der Waals surface area contributed by atoms with Gasteiger partial charge >= 0.3 is 0 Å². The van der Waals surface area contributed by atoms with Crippen molar-refractivity contribution in [2.75, 3.05) is 4.72 Å². The van der Waals surface area contributed by atoms with E-state index in [9.17, 15) is 17.2 Å². The normalized spacial score (nSPS) is 12.0. The average Bonchev–Trinajstić information content (AvgIpc) is 2.85. The van der Waals surface area contributed by atoms with E-state index in [1.807, 2.05) is 13.8 Å². The van der Waals surface area contributed by atoms with E-state index in [2.05, 4.69) is 9.71 Å². The number of sulfonamides is 1. The fourth-order valence-corrected chi connectivity index (χ4v) is 3.91. The molecule has 0 saturated carbocycles. The third-order valence-electron chi connectivity index (χ3n) is 3.56. The van der Waals surface area contributed by atoms with Crippen LogP contribution in [0.15, 0.2) is 47.6 Å². The summed E-state index contributed by atoms with van der Waals surface area (Å²) < 4.78 is 56.1. The monoisotopic (exact) mass is 365 g/mol. The van der Waals surface area contributed by atoms with Crippen molar-refractivity contribution in [1.82, 2.24) is 9.55 Å². The maximum atomic E-state index is 13.3. The predicted molar refractivity (Wildman–Crippen MR) is 91.7 cm³/mol. The van der Waals surface area contributed by atoms with Crippen molar-refractivity contribution in [1.29, 1.82) is 0 Å². The number of halogens is 2. The first-order valence-electron chi connectivity index (χ1n) is 7.69. The molecule has 2 aromatic heterocycles. The van der Waals surface area contributed by atoms with Crippen LogP contribution in [0.4, 0.5) is 14.5 Å². The van der Waals surface area contributed by atoms with Crippen LogP contribution in [0.1, 0.15) is 13.8 Å². The first-order valence-corrected chi connectivity index (χ1v) is 9.17. The molecule has 0 saturated heterocycles. The third-order valence-corrected chi connectivity index (χ3v) is 4.97. The molecule has 0 fully saturated rings. The van der Waals surface area contributed by atoms with Crippen molar-refractivity contribution in [2.45, 2.75) is 25.3 Å². The summed E-state index contributed by atoms with van der Waals surface area (Å²) in [6, 6.07) is 5.82. The van der Waals surface area contributed by atoms with Gasteiger partial charge in [0.2, 0.25) is 0 Å². The van der Waals surface area contributed by atoms with Gasteiger partial charge in [-0.2, -0.15) is 0 Å². The van der Waals surface area contributed by atoms with Crippen molar-refractivity contribution in [3.63, 3.8) is 0 Å². The Morgan fingerprint density at radius 2 is 1.88 bits per heavy atom. The summed E-state index contributed by atoms with van der Waals surface area (Å²) in [6.45, 7) is 4.62. The molecule has 8 heteroatoms. The van der Waals surface area contributed by atoms with Crippen molar-refractivity contribution in [2.24, 2.45) is 5.92 Å². The van der Waals surface area contributed by atoms with Gasteiger partial charge in [-0.15, -0.1) is 0 Å². The molecule has 1 aromatic carbocycles. The molecule has 5 nitrogen and oxygen atoms in total. The van der Waals surface area contributed by atoms with Gasteiger partial charge in [-0.05, 0) is 30.2 Å². The maximum Gasteiger partial charge on any atom is 0.264 e. The van der Waals surface area contributed by atoms with E-state index in [1.165, 1.54) is 6.20 Å². The third kappa shape index (κ3) is 3.63. The predicted octanol–water partition coefficient (Wildman–Crippen LogP) is 3.77. The van der Waals surface area contributed by atoms with E-state index >= 15 is 0 Å². The van der Waals surface area contributed by atoms with Crippen LogP contribution in [0.5, 0.6) is 0 Å². The molecule has 1 N–H and O–H groups in total. The second-order valence-corrected chi connectivity index (χ2v) is 7.83. The number of hydrogen-bond donors (Lipinski definition) is 1. The second kappa shape index (κ2) is 6.44. The number of benzene rings is 1. The molecule has 25 heavy (non-hydrogen) atoms. The number of anilines is 1. The van der Waals surface area contributed by atoms with Gasteiger partial charge in [-0.1, -0.05) is 13.8 Å². The Hall–Kier alpha value is -2.48. The van der Waals surface area contributed by atoms with Gasteiger partial charge < -0.3 is 4.57 Å². The summed E-state index contributed by atoms with van der Waals surface area (Å²) in [6.07, 6.45) is 3.08. The van der Waals surface area contributed by atoms with E-state index in [-0.39, 0.29) is 10.6 Å². The van der Waals surface area contributed by atoms with Crippen molar-refractivity contribution < 1.29 is 17.2 Å². The summed E-state index contributed by atoms with van der Waals surface area (Å²) in [5.41, 5.74) is 0.369. The Bertz CT molecular complexity index is 1010. The molecule has 3 rings (SSSR count). The first kappa shape index (κ1) is 17.3. The molecular weight excluding hydrogens is 348 g/mol. The Morgan fingerprint density at radius 1 is 1.20 bits per heavy atom. The maximum absolute atomic E-state index is 13.3. The van der Waals surface area contributed by atoms with E-state index in [0.29, 0.717) is 29.6 Å². The van der Waals surface area contributed by atoms with Crippen molar-refractivity contribution >= 4 is 26.7 Å².